The largest absolute Gasteiger partial charge is 0.493 e. The number of methoxy groups -OCH3 is 2. The smallest absolute Gasteiger partial charge is 0.266 e. The molecule has 0 radical (unpaired) electrons. The Balaban J connectivity index is 1.65. The van der Waals surface area contributed by atoms with E-state index in [-0.39, 0.29) is 21.2 Å². The normalized spacial score (nSPS) is 11.3. The van der Waals surface area contributed by atoms with Crippen molar-refractivity contribution < 1.29 is 22.7 Å². The second-order valence-electron chi connectivity index (χ2n) is 7.49. The molecular weight excluding hydrogens is 540 g/mol. The Bertz CT molecular complexity index is 1610. The molecule has 4 aromatic rings. The molecule has 0 aliphatic heterocycles. The summed E-state index contributed by atoms with van der Waals surface area (Å²) >= 11 is 6.97. The number of fused-ring (bicyclic) bond motifs is 1. The summed E-state index contributed by atoms with van der Waals surface area (Å²) in [7, 11) is -1.01. The topological polar surface area (TPSA) is 129 Å². The maximum Gasteiger partial charge on any atom is 0.266 e. The number of thioether (sulfide) groups is 1. The third-order valence-corrected chi connectivity index (χ3v) is 7.59. The predicted octanol–water partition coefficient (Wildman–Crippen LogP) is 3.16. The number of hydrogen-bond donors (Lipinski definition) is 2. The number of nitrogens with one attached hydrogen (secondary N) is 2. The van der Waals surface area contributed by atoms with Crippen LogP contribution in [0.5, 0.6) is 11.5 Å². The molecule has 1 heterocycles. The third kappa shape index (κ3) is 5.88. The molecule has 37 heavy (non-hydrogen) atoms. The van der Waals surface area contributed by atoms with Crippen molar-refractivity contribution in [3.05, 3.63) is 82.1 Å². The molecule has 0 aliphatic rings. The van der Waals surface area contributed by atoms with Crippen molar-refractivity contribution >= 4 is 50.2 Å². The molecule has 1 aromatic heterocycles. The standard InChI is InChI=1S/C24H21ClN4O6S2/c1-34-20-12-18-19(13-21(20)35-2)26-24(29(23(18)31)16-10-8-15(25)9-11-16)36-14-22(30)27-28-37(32,33)17-6-4-3-5-7-17/h3-13,28H,14H2,1-2H3,(H,27,30). The molecule has 0 unspecified atom stereocenters. The highest BCUT2D eigenvalue weighted by Crippen LogP contribution is 2.31. The van der Waals surface area contributed by atoms with E-state index in [1.807, 2.05) is 0 Å². The van der Waals surface area contributed by atoms with Gasteiger partial charge >= 0.3 is 0 Å². The van der Waals surface area contributed by atoms with Crippen molar-refractivity contribution in [1.29, 1.82) is 0 Å². The first-order valence-corrected chi connectivity index (χ1v) is 13.5. The molecule has 0 saturated carbocycles. The number of hydrogen-bond acceptors (Lipinski definition) is 8. The number of halogens is 1. The van der Waals surface area contributed by atoms with E-state index >= 15 is 0 Å². The van der Waals surface area contributed by atoms with Gasteiger partial charge < -0.3 is 9.47 Å². The Kier molecular flexibility index (Phi) is 8.03. The fourth-order valence-corrected chi connectivity index (χ4v) is 5.18. The van der Waals surface area contributed by atoms with Gasteiger partial charge in [0.05, 0.1) is 41.5 Å². The first kappa shape index (κ1) is 26.5. The van der Waals surface area contributed by atoms with Crippen LogP contribution in [0.3, 0.4) is 0 Å². The lowest BCUT2D eigenvalue weighted by atomic mass is 10.2. The van der Waals surface area contributed by atoms with Crippen LogP contribution in [-0.2, 0) is 14.8 Å². The monoisotopic (exact) mass is 560 g/mol. The van der Waals surface area contributed by atoms with Crippen molar-refractivity contribution in [2.24, 2.45) is 0 Å². The Morgan fingerprint density at radius 2 is 1.68 bits per heavy atom. The zero-order chi connectivity index (χ0) is 26.6. The number of hydrazine groups is 1. The van der Waals surface area contributed by atoms with Crippen LogP contribution in [0.4, 0.5) is 0 Å². The quantitative estimate of drug-likeness (QED) is 0.181. The van der Waals surface area contributed by atoms with Gasteiger partial charge in [-0.1, -0.05) is 41.6 Å². The van der Waals surface area contributed by atoms with E-state index < -0.39 is 21.5 Å². The molecule has 2 N–H and O–H groups in total. The van der Waals surface area contributed by atoms with Gasteiger partial charge in [-0.15, -0.1) is 4.83 Å². The minimum Gasteiger partial charge on any atom is -0.493 e. The van der Waals surface area contributed by atoms with Gasteiger partial charge in [-0.2, -0.15) is 0 Å². The number of benzene rings is 3. The molecule has 4 rings (SSSR count). The van der Waals surface area contributed by atoms with Crippen LogP contribution in [-0.4, -0.2) is 43.8 Å². The Morgan fingerprint density at radius 1 is 1.03 bits per heavy atom. The van der Waals surface area contributed by atoms with Gasteiger partial charge in [0.2, 0.25) is 5.91 Å². The number of sulfonamides is 1. The van der Waals surface area contributed by atoms with Gasteiger partial charge in [0, 0.05) is 11.1 Å². The summed E-state index contributed by atoms with van der Waals surface area (Å²) in [6.07, 6.45) is 0. The number of aromatic nitrogens is 2. The maximum absolute atomic E-state index is 13.5. The summed E-state index contributed by atoms with van der Waals surface area (Å²) in [6, 6.07) is 17.3. The van der Waals surface area contributed by atoms with Gasteiger partial charge in [-0.25, -0.2) is 13.4 Å². The average molecular weight is 561 g/mol. The van der Waals surface area contributed by atoms with E-state index in [0.717, 1.165) is 11.8 Å². The van der Waals surface area contributed by atoms with Crippen molar-refractivity contribution in [3.8, 4) is 17.2 Å². The van der Waals surface area contributed by atoms with Crippen LogP contribution in [0, 0.1) is 0 Å². The fourth-order valence-electron chi connectivity index (χ4n) is 3.36. The van der Waals surface area contributed by atoms with E-state index in [4.69, 9.17) is 21.1 Å². The number of carbonyl (C=O) groups is 1. The second-order valence-corrected chi connectivity index (χ2v) is 10.6. The third-order valence-electron chi connectivity index (χ3n) is 5.14. The van der Waals surface area contributed by atoms with Crippen molar-refractivity contribution in [2.45, 2.75) is 10.1 Å². The number of carbonyl (C=O) groups excluding carboxylic acids is 1. The van der Waals surface area contributed by atoms with E-state index in [0.29, 0.717) is 27.7 Å². The minimum absolute atomic E-state index is 0.0000937. The molecule has 0 atom stereocenters. The van der Waals surface area contributed by atoms with E-state index in [1.165, 1.54) is 37.0 Å². The SMILES string of the molecule is COc1cc2nc(SCC(=O)NNS(=O)(=O)c3ccccc3)n(-c3ccc(Cl)cc3)c(=O)c2cc1OC. The second kappa shape index (κ2) is 11.2. The Hall–Kier alpha value is -3.58. The average Bonchev–Trinajstić information content (AvgIpc) is 2.91. The van der Waals surface area contributed by atoms with Crippen LogP contribution >= 0.6 is 23.4 Å². The lowest BCUT2D eigenvalue weighted by molar-refractivity contribution is -0.119. The number of ether oxygens (including phenoxy) is 2. The van der Waals surface area contributed by atoms with Gasteiger partial charge in [0.15, 0.2) is 16.7 Å². The minimum atomic E-state index is -3.94. The molecule has 0 fully saturated rings. The number of rotatable bonds is 9. The number of amides is 1. The van der Waals surface area contributed by atoms with Crippen molar-refractivity contribution in [2.75, 3.05) is 20.0 Å². The van der Waals surface area contributed by atoms with E-state index in [9.17, 15) is 18.0 Å². The molecule has 192 valence electrons. The molecule has 13 heteroatoms. The molecule has 0 aliphatic carbocycles. The maximum atomic E-state index is 13.5. The lowest BCUT2D eigenvalue weighted by Crippen LogP contribution is -2.42. The van der Waals surface area contributed by atoms with Crippen LogP contribution in [0.1, 0.15) is 0 Å². The first-order chi connectivity index (χ1) is 17.7. The summed E-state index contributed by atoms with van der Waals surface area (Å²) in [5.41, 5.74) is 2.59. The zero-order valence-corrected chi connectivity index (χ0v) is 22.0. The Morgan fingerprint density at radius 3 is 2.32 bits per heavy atom. The lowest BCUT2D eigenvalue weighted by Gasteiger charge is -2.15. The highest BCUT2D eigenvalue weighted by molar-refractivity contribution is 7.99. The molecule has 0 spiro atoms. The van der Waals surface area contributed by atoms with Crippen LogP contribution < -0.4 is 25.3 Å². The van der Waals surface area contributed by atoms with Crippen molar-refractivity contribution in [1.82, 2.24) is 19.8 Å². The molecular formula is C24H21ClN4O6S2. The first-order valence-electron chi connectivity index (χ1n) is 10.7. The van der Waals surface area contributed by atoms with Gasteiger partial charge in [0.25, 0.3) is 15.6 Å². The number of nitrogens with zero attached hydrogens (tertiary/aromatic N) is 2. The highest BCUT2D eigenvalue weighted by atomic mass is 35.5. The van der Waals surface area contributed by atoms with Crippen LogP contribution in [0.2, 0.25) is 5.02 Å². The van der Waals surface area contributed by atoms with E-state index in [1.54, 1.807) is 48.5 Å². The summed E-state index contributed by atoms with van der Waals surface area (Å²) in [5.74, 6) is -0.137. The Labute approximate surface area is 221 Å². The zero-order valence-electron chi connectivity index (χ0n) is 19.6. The highest BCUT2D eigenvalue weighted by Gasteiger charge is 2.19. The summed E-state index contributed by atoms with van der Waals surface area (Å²) < 4.78 is 36.7. The van der Waals surface area contributed by atoms with Crippen LogP contribution in [0.25, 0.3) is 16.6 Å². The van der Waals surface area contributed by atoms with Gasteiger partial charge in [0.1, 0.15) is 0 Å². The fraction of sp³-hybridized carbons (Fsp3) is 0.125. The predicted molar refractivity (Wildman–Crippen MR) is 141 cm³/mol. The molecule has 0 saturated heterocycles. The van der Waals surface area contributed by atoms with Gasteiger partial charge in [-0.05, 0) is 42.5 Å². The molecule has 0 bridgehead atoms. The molecule has 3 aromatic carbocycles. The van der Waals surface area contributed by atoms with E-state index in [2.05, 4.69) is 15.2 Å². The molecule has 10 nitrogen and oxygen atoms in total. The van der Waals surface area contributed by atoms with Gasteiger partial charge in [-0.3, -0.25) is 19.6 Å². The summed E-state index contributed by atoms with van der Waals surface area (Å²) in [6.45, 7) is 0. The summed E-state index contributed by atoms with van der Waals surface area (Å²) in [4.78, 5) is 32.7. The van der Waals surface area contributed by atoms with Crippen molar-refractivity contribution in [3.63, 3.8) is 0 Å². The summed E-state index contributed by atoms with van der Waals surface area (Å²) in [5, 5.41) is 0.960. The molecule has 1 amide bonds. The van der Waals surface area contributed by atoms with Crippen LogP contribution in [0.15, 0.2) is 81.6 Å².